The van der Waals surface area contributed by atoms with Gasteiger partial charge >= 0.3 is 0 Å². The fraction of sp³-hybridized carbons (Fsp3) is 0.571. The van der Waals surface area contributed by atoms with E-state index in [1.165, 1.54) is 6.42 Å². The Labute approximate surface area is 169 Å². The standard InChI is InChI=1S/C21H27N3O5/c1-13(20(26)23-15-5-3-2-4-6-15)22-21(27)14-9-19(25)24(11-14)16-7-8-17-18(10-16)29-12-28-17/h7-8,10,13-15H,2-6,9,11-12H2,1H3,(H,22,27)(H,23,26)/t13-,14?/m0/s1. The Morgan fingerprint density at radius 1 is 1.14 bits per heavy atom. The van der Waals surface area contributed by atoms with Gasteiger partial charge in [0.1, 0.15) is 6.04 Å². The van der Waals surface area contributed by atoms with Gasteiger partial charge < -0.3 is 25.0 Å². The molecule has 8 nitrogen and oxygen atoms in total. The van der Waals surface area contributed by atoms with E-state index in [2.05, 4.69) is 10.6 Å². The van der Waals surface area contributed by atoms with Crippen LogP contribution >= 0.6 is 0 Å². The van der Waals surface area contributed by atoms with Crippen molar-refractivity contribution < 1.29 is 23.9 Å². The normalized spacial score (nSPS) is 22.4. The maximum Gasteiger partial charge on any atom is 0.242 e. The van der Waals surface area contributed by atoms with E-state index < -0.39 is 12.0 Å². The highest BCUT2D eigenvalue weighted by Gasteiger charge is 2.36. The Balaban J connectivity index is 1.32. The SMILES string of the molecule is C[C@H](NC(=O)C1CC(=O)N(c2ccc3c(c2)OCO3)C1)C(=O)NC1CCCCC1. The zero-order valence-electron chi connectivity index (χ0n) is 16.6. The van der Waals surface area contributed by atoms with Gasteiger partial charge in [0.2, 0.25) is 24.5 Å². The molecule has 2 atom stereocenters. The first-order chi connectivity index (χ1) is 14.0. The summed E-state index contributed by atoms with van der Waals surface area (Å²) in [5.41, 5.74) is 0.678. The van der Waals surface area contributed by atoms with Crippen LogP contribution in [0.1, 0.15) is 45.4 Å². The molecule has 2 fully saturated rings. The Morgan fingerprint density at radius 3 is 2.69 bits per heavy atom. The quantitative estimate of drug-likeness (QED) is 0.783. The summed E-state index contributed by atoms with van der Waals surface area (Å²) in [5, 5.41) is 5.80. The van der Waals surface area contributed by atoms with E-state index in [0.717, 1.165) is 25.7 Å². The van der Waals surface area contributed by atoms with Crippen molar-refractivity contribution in [2.45, 2.75) is 57.5 Å². The molecular weight excluding hydrogens is 374 g/mol. The fourth-order valence-corrected chi connectivity index (χ4v) is 4.16. The Hall–Kier alpha value is -2.77. The molecule has 1 aromatic carbocycles. The molecule has 2 heterocycles. The smallest absolute Gasteiger partial charge is 0.242 e. The Kier molecular flexibility index (Phi) is 5.60. The van der Waals surface area contributed by atoms with Crippen molar-refractivity contribution in [3.63, 3.8) is 0 Å². The van der Waals surface area contributed by atoms with E-state index in [0.29, 0.717) is 17.2 Å². The van der Waals surface area contributed by atoms with Gasteiger partial charge in [-0.15, -0.1) is 0 Å². The van der Waals surface area contributed by atoms with E-state index in [1.807, 2.05) is 0 Å². The average Bonchev–Trinajstić information content (AvgIpc) is 3.34. The van der Waals surface area contributed by atoms with Gasteiger partial charge in [-0.25, -0.2) is 0 Å². The van der Waals surface area contributed by atoms with Gasteiger partial charge in [-0.05, 0) is 31.9 Å². The third kappa shape index (κ3) is 4.31. The minimum Gasteiger partial charge on any atom is -0.454 e. The monoisotopic (exact) mass is 401 g/mol. The number of benzene rings is 1. The van der Waals surface area contributed by atoms with Crippen molar-refractivity contribution in [1.29, 1.82) is 0 Å². The second kappa shape index (κ2) is 8.31. The molecule has 4 rings (SSSR count). The molecular formula is C21H27N3O5. The number of rotatable bonds is 5. The first-order valence-electron chi connectivity index (χ1n) is 10.3. The number of nitrogens with zero attached hydrogens (tertiary/aromatic N) is 1. The zero-order valence-corrected chi connectivity index (χ0v) is 16.6. The third-order valence-corrected chi connectivity index (χ3v) is 5.87. The molecule has 0 radical (unpaired) electrons. The minimum absolute atomic E-state index is 0.122. The van der Waals surface area contributed by atoms with Crippen LogP contribution in [0.15, 0.2) is 18.2 Å². The molecule has 8 heteroatoms. The first-order valence-corrected chi connectivity index (χ1v) is 10.3. The number of hydrogen-bond donors (Lipinski definition) is 2. The van der Waals surface area contributed by atoms with E-state index in [-0.39, 0.29) is 43.5 Å². The maximum atomic E-state index is 12.6. The second-order valence-corrected chi connectivity index (χ2v) is 8.02. The summed E-state index contributed by atoms with van der Waals surface area (Å²) in [6.07, 6.45) is 5.59. The average molecular weight is 401 g/mol. The fourth-order valence-electron chi connectivity index (χ4n) is 4.16. The number of amides is 3. The topological polar surface area (TPSA) is 97.0 Å². The zero-order chi connectivity index (χ0) is 20.4. The van der Waals surface area contributed by atoms with Gasteiger partial charge in [-0.2, -0.15) is 0 Å². The van der Waals surface area contributed by atoms with E-state index >= 15 is 0 Å². The summed E-state index contributed by atoms with van der Waals surface area (Å²) < 4.78 is 10.7. The van der Waals surface area contributed by atoms with Crippen LogP contribution in [-0.4, -0.2) is 43.1 Å². The van der Waals surface area contributed by atoms with E-state index in [4.69, 9.17) is 9.47 Å². The minimum atomic E-state index is -0.626. The lowest BCUT2D eigenvalue weighted by Gasteiger charge is -2.25. The van der Waals surface area contributed by atoms with Crippen LogP contribution in [0.25, 0.3) is 0 Å². The molecule has 0 spiro atoms. The third-order valence-electron chi connectivity index (χ3n) is 5.87. The number of ether oxygens (including phenoxy) is 2. The van der Waals surface area contributed by atoms with Crippen LogP contribution in [0.3, 0.4) is 0 Å². The molecule has 0 bridgehead atoms. The van der Waals surface area contributed by atoms with Crippen LogP contribution in [0.4, 0.5) is 5.69 Å². The van der Waals surface area contributed by atoms with Crippen molar-refractivity contribution in [2.75, 3.05) is 18.2 Å². The summed E-state index contributed by atoms with van der Waals surface area (Å²) in [6, 6.07) is 4.87. The largest absolute Gasteiger partial charge is 0.454 e. The summed E-state index contributed by atoms with van der Waals surface area (Å²) in [5.74, 6) is 0.194. The van der Waals surface area contributed by atoms with Crippen molar-refractivity contribution in [3.8, 4) is 11.5 Å². The second-order valence-electron chi connectivity index (χ2n) is 8.02. The van der Waals surface area contributed by atoms with Crippen LogP contribution in [-0.2, 0) is 14.4 Å². The van der Waals surface area contributed by atoms with Crippen molar-refractivity contribution in [2.24, 2.45) is 5.92 Å². The summed E-state index contributed by atoms with van der Waals surface area (Å²) >= 11 is 0. The Morgan fingerprint density at radius 2 is 1.90 bits per heavy atom. The highest BCUT2D eigenvalue weighted by atomic mass is 16.7. The number of anilines is 1. The number of carbonyl (C=O) groups excluding carboxylic acids is 3. The molecule has 1 aliphatic carbocycles. The molecule has 1 saturated heterocycles. The number of carbonyl (C=O) groups is 3. The molecule has 1 unspecified atom stereocenters. The predicted octanol–water partition coefficient (Wildman–Crippen LogP) is 1.72. The molecule has 1 aromatic rings. The van der Waals surface area contributed by atoms with Gasteiger partial charge in [-0.1, -0.05) is 19.3 Å². The lowest BCUT2D eigenvalue weighted by atomic mass is 9.95. The summed E-state index contributed by atoms with van der Waals surface area (Å²) in [6.45, 7) is 2.13. The van der Waals surface area contributed by atoms with Crippen LogP contribution in [0.5, 0.6) is 11.5 Å². The van der Waals surface area contributed by atoms with E-state index in [9.17, 15) is 14.4 Å². The Bertz CT molecular complexity index is 806. The number of fused-ring (bicyclic) bond motifs is 1. The molecule has 1 saturated carbocycles. The lowest BCUT2D eigenvalue weighted by molar-refractivity contribution is -0.131. The maximum absolute atomic E-state index is 12.6. The van der Waals surface area contributed by atoms with Crippen molar-refractivity contribution in [1.82, 2.24) is 10.6 Å². The molecule has 29 heavy (non-hydrogen) atoms. The molecule has 156 valence electrons. The van der Waals surface area contributed by atoms with Crippen LogP contribution < -0.4 is 25.0 Å². The van der Waals surface area contributed by atoms with Crippen LogP contribution in [0.2, 0.25) is 0 Å². The molecule has 3 amide bonds. The molecule has 0 aromatic heterocycles. The number of nitrogens with one attached hydrogen (secondary N) is 2. The van der Waals surface area contributed by atoms with Crippen molar-refractivity contribution >= 4 is 23.4 Å². The number of hydrogen-bond acceptors (Lipinski definition) is 5. The lowest BCUT2D eigenvalue weighted by Crippen LogP contribution is -2.50. The summed E-state index contributed by atoms with van der Waals surface area (Å²) in [7, 11) is 0. The van der Waals surface area contributed by atoms with Gasteiger partial charge in [0, 0.05) is 30.8 Å². The summed E-state index contributed by atoms with van der Waals surface area (Å²) in [4.78, 5) is 39.1. The highest BCUT2D eigenvalue weighted by Crippen LogP contribution is 2.37. The van der Waals surface area contributed by atoms with Gasteiger partial charge in [0.05, 0.1) is 5.92 Å². The van der Waals surface area contributed by atoms with E-state index in [1.54, 1.807) is 30.0 Å². The van der Waals surface area contributed by atoms with Gasteiger partial charge in [0.15, 0.2) is 11.5 Å². The van der Waals surface area contributed by atoms with Gasteiger partial charge in [0.25, 0.3) is 0 Å². The first kappa shape index (κ1) is 19.5. The molecule has 2 N–H and O–H groups in total. The molecule has 2 aliphatic heterocycles. The molecule has 3 aliphatic rings. The van der Waals surface area contributed by atoms with Crippen molar-refractivity contribution in [3.05, 3.63) is 18.2 Å². The van der Waals surface area contributed by atoms with Crippen LogP contribution in [0, 0.1) is 5.92 Å². The van der Waals surface area contributed by atoms with Gasteiger partial charge in [-0.3, -0.25) is 14.4 Å². The predicted molar refractivity (Wildman–Crippen MR) is 106 cm³/mol. The highest BCUT2D eigenvalue weighted by molar-refractivity contribution is 6.01.